The monoisotopic (exact) mass is 295 g/mol. The van der Waals surface area contributed by atoms with Gasteiger partial charge in [0.1, 0.15) is 6.04 Å². The third kappa shape index (κ3) is 3.93. The van der Waals surface area contributed by atoms with Crippen molar-refractivity contribution in [2.45, 2.75) is 50.9 Å². The van der Waals surface area contributed by atoms with Crippen molar-refractivity contribution in [3.8, 4) is 0 Å². The number of aryl methyl sites for hydroxylation is 2. The highest BCUT2D eigenvalue weighted by atomic mass is 32.2. The molecule has 110 valence electrons. The van der Waals surface area contributed by atoms with Crippen molar-refractivity contribution in [3.63, 3.8) is 0 Å². The van der Waals surface area contributed by atoms with Crippen molar-refractivity contribution in [1.29, 1.82) is 0 Å². The van der Waals surface area contributed by atoms with E-state index in [-0.39, 0.29) is 12.0 Å². The number of carbonyl (C=O) groups excluding carboxylic acids is 1. The molecule has 1 saturated carbocycles. The second-order valence-electron chi connectivity index (χ2n) is 5.13. The number of hydrogen-bond donors (Lipinski definition) is 1. The minimum absolute atomic E-state index is 0.218. The van der Waals surface area contributed by atoms with E-state index < -0.39 is 0 Å². The minimum Gasteiger partial charge on any atom is -0.468 e. The summed E-state index contributed by atoms with van der Waals surface area (Å²) in [5, 5.41) is 4.02. The van der Waals surface area contributed by atoms with Crippen LogP contribution >= 0.6 is 11.8 Å². The maximum Gasteiger partial charge on any atom is 0.323 e. The molecule has 1 unspecified atom stereocenters. The van der Waals surface area contributed by atoms with Crippen LogP contribution in [0.1, 0.15) is 29.8 Å². The van der Waals surface area contributed by atoms with Crippen LogP contribution in [0.15, 0.2) is 5.16 Å². The van der Waals surface area contributed by atoms with Crippen LogP contribution in [0.3, 0.4) is 0 Å². The van der Waals surface area contributed by atoms with Gasteiger partial charge >= 0.3 is 5.97 Å². The molecule has 1 N–H and O–H groups in total. The molecule has 0 amide bonds. The molecule has 0 radical (unpaired) electrons. The molecule has 2 rings (SSSR count). The molecular weight excluding hydrogens is 274 g/mol. The van der Waals surface area contributed by atoms with Crippen LogP contribution in [-0.2, 0) is 9.53 Å². The van der Waals surface area contributed by atoms with Gasteiger partial charge in [-0.3, -0.25) is 4.79 Å². The summed E-state index contributed by atoms with van der Waals surface area (Å²) in [6.45, 7) is 5.98. The fraction of sp³-hybridized carbons (Fsp3) is 0.643. The van der Waals surface area contributed by atoms with Gasteiger partial charge in [0.25, 0.3) is 0 Å². The van der Waals surface area contributed by atoms with E-state index in [1.807, 2.05) is 20.8 Å². The minimum atomic E-state index is -0.289. The molecule has 1 aromatic rings. The largest absolute Gasteiger partial charge is 0.468 e. The first-order valence-corrected chi connectivity index (χ1v) is 7.78. The number of nitrogens with zero attached hydrogens (tertiary/aromatic N) is 2. The summed E-state index contributed by atoms with van der Waals surface area (Å²) in [5.74, 6) is 0.371. The van der Waals surface area contributed by atoms with Crippen LogP contribution in [0.4, 0.5) is 0 Å². The van der Waals surface area contributed by atoms with E-state index in [1.165, 1.54) is 18.9 Å². The number of methoxy groups -OCH3 is 1. The van der Waals surface area contributed by atoms with E-state index in [9.17, 15) is 4.79 Å². The van der Waals surface area contributed by atoms with Crippen molar-refractivity contribution in [2.24, 2.45) is 0 Å². The topological polar surface area (TPSA) is 64.1 Å². The number of carbonyl (C=O) groups is 1. The predicted molar refractivity (Wildman–Crippen MR) is 78.9 cm³/mol. The van der Waals surface area contributed by atoms with Gasteiger partial charge in [0.05, 0.1) is 7.11 Å². The average Bonchev–Trinajstić information content (AvgIpc) is 3.23. The van der Waals surface area contributed by atoms with Gasteiger partial charge in [0, 0.05) is 23.2 Å². The standard InChI is InChI=1S/C14H21N3O2S/c1-8-9(2)15-14(16-10(8)3)20-7-12(13(18)19-4)17-11-5-6-11/h11-12,17H,5-7H2,1-4H3. The number of ether oxygens (including phenoxy) is 1. The van der Waals surface area contributed by atoms with E-state index in [4.69, 9.17) is 4.74 Å². The van der Waals surface area contributed by atoms with Gasteiger partial charge in [0.15, 0.2) is 5.16 Å². The van der Waals surface area contributed by atoms with Gasteiger partial charge < -0.3 is 10.1 Å². The van der Waals surface area contributed by atoms with Crippen molar-refractivity contribution >= 4 is 17.7 Å². The zero-order chi connectivity index (χ0) is 14.7. The first kappa shape index (κ1) is 15.3. The number of esters is 1. The first-order valence-electron chi connectivity index (χ1n) is 6.79. The molecule has 5 nitrogen and oxygen atoms in total. The smallest absolute Gasteiger partial charge is 0.323 e. The summed E-state index contributed by atoms with van der Waals surface area (Å²) in [6.07, 6.45) is 2.27. The van der Waals surface area contributed by atoms with Crippen molar-refractivity contribution in [2.75, 3.05) is 12.9 Å². The lowest BCUT2D eigenvalue weighted by Gasteiger charge is -2.15. The molecule has 0 saturated heterocycles. The second-order valence-corrected chi connectivity index (χ2v) is 6.12. The van der Waals surface area contributed by atoms with E-state index in [1.54, 1.807) is 0 Å². The highest BCUT2D eigenvalue weighted by molar-refractivity contribution is 7.99. The molecule has 1 atom stereocenters. The Balaban J connectivity index is 1.99. The fourth-order valence-electron chi connectivity index (χ4n) is 1.82. The summed E-state index contributed by atoms with van der Waals surface area (Å²) in [4.78, 5) is 20.7. The van der Waals surface area contributed by atoms with E-state index in [2.05, 4.69) is 15.3 Å². The number of hydrogen-bond acceptors (Lipinski definition) is 6. The Bertz CT molecular complexity index is 480. The first-order chi connectivity index (χ1) is 9.51. The van der Waals surface area contributed by atoms with E-state index in [0.29, 0.717) is 11.8 Å². The van der Waals surface area contributed by atoms with Crippen molar-refractivity contribution in [3.05, 3.63) is 17.0 Å². The molecule has 0 aliphatic heterocycles. The van der Waals surface area contributed by atoms with Crippen LogP contribution in [0.25, 0.3) is 0 Å². The lowest BCUT2D eigenvalue weighted by atomic mass is 10.2. The maximum atomic E-state index is 11.7. The molecule has 1 aliphatic rings. The SMILES string of the molecule is COC(=O)C(CSc1nc(C)c(C)c(C)n1)NC1CC1. The molecule has 1 fully saturated rings. The number of rotatable bonds is 6. The summed E-state index contributed by atoms with van der Waals surface area (Å²) >= 11 is 1.49. The zero-order valence-electron chi connectivity index (χ0n) is 12.4. The van der Waals surface area contributed by atoms with Gasteiger partial charge in [0.2, 0.25) is 0 Å². The summed E-state index contributed by atoms with van der Waals surface area (Å²) in [6, 6.07) is 0.171. The Hall–Kier alpha value is -1.14. The van der Waals surface area contributed by atoms with Gasteiger partial charge in [-0.1, -0.05) is 11.8 Å². The van der Waals surface area contributed by atoms with Gasteiger partial charge in [-0.15, -0.1) is 0 Å². The highest BCUT2D eigenvalue weighted by Crippen LogP contribution is 2.22. The fourth-order valence-corrected chi connectivity index (χ4v) is 2.78. The van der Waals surface area contributed by atoms with Gasteiger partial charge in [-0.05, 0) is 39.2 Å². The van der Waals surface area contributed by atoms with Crippen LogP contribution in [0.5, 0.6) is 0 Å². The number of thioether (sulfide) groups is 1. The highest BCUT2D eigenvalue weighted by Gasteiger charge is 2.29. The predicted octanol–water partition coefficient (Wildman–Crippen LogP) is 1.79. The van der Waals surface area contributed by atoms with Crippen LogP contribution in [0.2, 0.25) is 0 Å². The summed E-state index contributed by atoms with van der Waals surface area (Å²) in [5.41, 5.74) is 3.10. The van der Waals surface area contributed by atoms with E-state index in [0.717, 1.165) is 34.9 Å². The maximum absolute atomic E-state index is 11.7. The summed E-state index contributed by atoms with van der Waals surface area (Å²) in [7, 11) is 1.42. The Morgan fingerprint density at radius 2 is 1.95 bits per heavy atom. The van der Waals surface area contributed by atoms with Crippen LogP contribution < -0.4 is 5.32 Å². The lowest BCUT2D eigenvalue weighted by Crippen LogP contribution is -2.41. The van der Waals surface area contributed by atoms with Crippen molar-refractivity contribution in [1.82, 2.24) is 15.3 Å². The molecule has 0 aromatic carbocycles. The third-order valence-corrected chi connectivity index (χ3v) is 4.43. The normalized spacial score (nSPS) is 16.0. The van der Waals surface area contributed by atoms with Crippen LogP contribution in [0, 0.1) is 20.8 Å². The molecule has 1 heterocycles. The molecule has 6 heteroatoms. The Morgan fingerprint density at radius 1 is 1.35 bits per heavy atom. The molecule has 1 aromatic heterocycles. The summed E-state index contributed by atoms with van der Waals surface area (Å²) < 4.78 is 4.84. The second kappa shape index (κ2) is 6.54. The quantitative estimate of drug-likeness (QED) is 0.490. The number of nitrogens with one attached hydrogen (secondary N) is 1. The van der Waals surface area contributed by atoms with Crippen LogP contribution in [-0.4, -0.2) is 40.9 Å². The lowest BCUT2D eigenvalue weighted by molar-refractivity contribution is -0.142. The zero-order valence-corrected chi connectivity index (χ0v) is 13.2. The van der Waals surface area contributed by atoms with Gasteiger partial charge in [-0.25, -0.2) is 9.97 Å². The molecular formula is C14H21N3O2S. The van der Waals surface area contributed by atoms with E-state index >= 15 is 0 Å². The van der Waals surface area contributed by atoms with Gasteiger partial charge in [-0.2, -0.15) is 0 Å². The molecule has 0 bridgehead atoms. The molecule has 20 heavy (non-hydrogen) atoms. The number of aromatic nitrogens is 2. The van der Waals surface area contributed by atoms with Crippen molar-refractivity contribution < 1.29 is 9.53 Å². The average molecular weight is 295 g/mol. The Labute approximate surface area is 123 Å². The Kier molecular flexibility index (Phi) is 4.99. The molecule has 1 aliphatic carbocycles. The molecule has 0 spiro atoms. The Morgan fingerprint density at radius 3 is 2.45 bits per heavy atom. The third-order valence-electron chi connectivity index (χ3n) is 3.49.